The Morgan fingerprint density at radius 2 is 2.19 bits per heavy atom. The highest BCUT2D eigenvalue weighted by molar-refractivity contribution is 7.11. The molecule has 4 heteroatoms. The summed E-state index contributed by atoms with van der Waals surface area (Å²) in [4.78, 5) is 17.4. The first-order chi connectivity index (χ1) is 7.56. The van der Waals surface area contributed by atoms with Crippen molar-refractivity contribution < 1.29 is 4.79 Å². The maximum Gasteiger partial charge on any atom is 0.140 e. The topological polar surface area (TPSA) is 56.0 Å². The van der Waals surface area contributed by atoms with Gasteiger partial charge in [0, 0.05) is 11.3 Å². The SMILES string of the molecule is CCC(CN)CC(=O)Cc1nc(C)c(C)s1. The van der Waals surface area contributed by atoms with E-state index in [1.54, 1.807) is 11.3 Å². The third-order valence-corrected chi connectivity index (χ3v) is 3.92. The van der Waals surface area contributed by atoms with E-state index in [9.17, 15) is 4.79 Å². The van der Waals surface area contributed by atoms with Crippen LogP contribution in [0.15, 0.2) is 0 Å². The molecule has 0 aliphatic rings. The maximum atomic E-state index is 11.8. The predicted molar refractivity (Wildman–Crippen MR) is 67.8 cm³/mol. The van der Waals surface area contributed by atoms with Crippen LogP contribution in [0.25, 0.3) is 0 Å². The Labute approximate surface area is 101 Å². The van der Waals surface area contributed by atoms with E-state index in [-0.39, 0.29) is 5.78 Å². The maximum absolute atomic E-state index is 11.8. The van der Waals surface area contributed by atoms with E-state index < -0.39 is 0 Å². The van der Waals surface area contributed by atoms with Gasteiger partial charge in [-0.3, -0.25) is 4.79 Å². The van der Waals surface area contributed by atoms with E-state index in [4.69, 9.17) is 5.73 Å². The number of aromatic nitrogens is 1. The molecule has 2 N–H and O–H groups in total. The molecule has 1 aromatic rings. The molecule has 0 aliphatic carbocycles. The van der Waals surface area contributed by atoms with Gasteiger partial charge in [0.05, 0.1) is 12.1 Å². The van der Waals surface area contributed by atoms with Crippen LogP contribution in [0.5, 0.6) is 0 Å². The molecule has 0 spiro atoms. The Morgan fingerprint density at radius 3 is 2.62 bits per heavy atom. The van der Waals surface area contributed by atoms with Gasteiger partial charge in [-0.15, -0.1) is 11.3 Å². The van der Waals surface area contributed by atoms with E-state index in [1.807, 2.05) is 13.8 Å². The second-order valence-corrected chi connectivity index (χ2v) is 5.47. The van der Waals surface area contributed by atoms with Crippen molar-refractivity contribution in [3.05, 3.63) is 15.6 Å². The smallest absolute Gasteiger partial charge is 0.140 e. The molecule has 1 heterocycles. The lowest BCUT2D eigenvalue weighted by Gasteiger charge is -2.09. The lowest BCUT2D eigenvalue weighted by Crippen LogP contribution is -2.18. The van der Waals surface area contributed by atoms with Crippen LogP contribution in [0.1, 0.15) is 35.3 Å². The van der Waals surface area contributed by atoms with Crippen LogP contribution >= 0.6 is 11.3 Å². The minimum Gasteiger partial charge on any atom is -0.330 e. The number of nitrogens with zero attached hydrogens (tertiary/aromatic N) is 1. The molecule has 0 bridgehead atoms. The van der Waals surface area contributed by atoms with Gasteiger partial charge in [0.2, 0.25) is 0 Å². The minimum absolute atomic E-state index is 0.256. The number of Topliss-reactive ketones (excluding diaryl/α,β-unsaturated/α-hetero) is 1. The average molecular weight is 240 g/mol. The molecular weight excluding hydrogens is 220 g/mol. The molecule has 1 atom stereocenters. The van der Waals surface area contributed by atoms with Crippen molar-refractivity contribution in [3.8, 4) is 0 Å². The summed E-state index contributed by atoms with van der Waals surface area (Å²) in [5.41, 5.74) is 6.63. The quantitative estimate of drug-likeness (QED) is 0.829. The first-order valence-corrected chi connectivity index (χ1v) is 6.53. The van der Waals surface area contributed by atoms with E-state index in [1.165, 1.54) is 4.88 Å². The second-order valence-electron chi connectivity index (χ2n) is 4.18. The van der Waals surface area contributed by atoms with Gasteiger partial charge in [0.15, 0.2) is 0 Å². The summed E-state index contributed by atoms with van der Waals surface area (Å²) in [5, 5.41) is 0.937. The summed E-state index contributed by atoms with van der Waals surface area (Å²) in [6, 6.07) is 0. The first-order valence-electron chi connectivity index (χ1n) is 5.71. The van der Waals surface area contributed by atoms with Crippen molar-refractivity contribution in [3.63, 3.8) is 0 Å². The van der Waals surface area contributed by atoms with Crippen molar-refractivity contribution in [1.82, 2.24) is 4.98 Å². The highest BCUT2D eigenvalue weighted by Crippen LogP contribution is 2.18. The summed E-state index contributed by atoms with van der Waals surface area (Å²) >= 11 is 1.62. The molecule has 0 saturated heterocycles. The van der Waals surface area contributed by atoms with Crippen LogP contribution in [-0.2, 0) is 11.2 Å². The van der Waals surface area contributed by atoms with Gasteiger partial charge < -0.3 is 5.73 Å². The van der Waals surface area contributed by atoms with E-state index in [2.05, 4.69) is 11.9 Å². The number of thiazole rings is 1. The Bertz CT molecular complexity index is 336. The largest absolute Gasteiger partial charge is 0.330 e. The van der Waals surface area contributed by atoms with Crippen LogP contribution in [-0.4, -0.2) is 17.3 Å². The summed E-state index contributed by atoms with van der Waals surface area (Å²) in [6.45, 7) is 6.69. The molecule has 0 aliphatic heterocycles. The number of hydrogen-bond acceptors (Lipinski definition) is 4. The van der Waals surface area contributed by atoms with Gasteiger partial charge in [-0.05, 0) is 26.3 Å². The van der Waals surface area contributed by atoms with Gasteiger partial charge in [-0.2, -0.15) is 0 Å². The number of hydrogen-bond donors (Lipinski definition) is 1. The van der Waals surface area contributed by atoms with E-state index in [0.717, 1.165) is 17.1 Å². The number of carbonyl (C=O) groups excluding carboxylic acids is 1. The normalized spacial score (nSPS) is 12.8. The zero-order valence-electron chi connectivity index (χ0n) is 10.2. The van der Waals surface area contributed by atoms with Gasteiger partial charge >= 0.3 is 0 Å². The monoisotopic (exact) mass is 240 g/mol. The summed E-state index contributed by atoms with van der Waals surface area (Å²) < 4.78 is 0. The van der Waals surface area contributed by atoms with Crippen LogP contribution in [0.2, 0.25) is 0 Å². The zero-order valence-corrected chi connectivity index (χ0v) is 11.1. The van der Waals surface area contributed by atoms with Gasteiger partial charge in [0.1, 0.15) is 10.8 Å². The van der Waals surface area contributed by atoms with Gasteiger partial charge in [-0.25, -0.2) is 4.98 Å². The second kappa shape index (κ2) is 6.11. The molecule has 90 valence electrons. The number of nitrogens with two attached hydrogens (primary N) is 1. The van der Waals surface area contributed by atoms with Gasteiger partial charge in [-0.1, -0.05) is 13.3 Å². The predicted octanol–water partition coefficient (Wildman–Crippen LogP) is 2.25. The number of ketones is 1. The number of aryl methyl sites for hydroxylation is 2. The van der Waals surface area contributed by atoms with E-state index >= 15 is 0 Å². The van der Waals surface area contributed by atoms with Crippen LogP contribution in [0.4, 0.5) is 0 Å². The molecule has 1 unspecified atom stereocenters. The molecular formula is C12H20N2OS. The highest BCUT2D eigenvalue weighted by Gasteiger charge is 2.13. The van der Waals surface area contributed by atoms with Crippen molar-refractivity contribution >= 4 is 17.1 Å². The molecule has 0 amide bonds. The van der Waals surface area contributed by atoms with Crippen molar-refractivity contribution in [1.29, 1.82) is 0 Å². The summed E-state index contributed by atoms with van der Waals surface area (Å²) in [5.74, 6) is 0.584. The highest BCUT2D eigenvalue weighted by atomic mass is 32.1. The Balaban J connectivity index is 2.51. The average Bonchev–Trinajstić information content (AvgIpc) is 2.54. The summed E-state index contributed by atoms with van der Waals surface area (Å²) in [6.07, 6.45) is 2.03. The van der Waals surface area contributed by atoms with Crippen LogP contribution < -0.4 is 5.73 Å². The molecule has 0 radical (unpaired) electrons. The fourth-order valence-electron chi connectivity index (χ4n) is 1.57. The minimum atomic E-state index is 0.256. The first kappa shape index (κ1) is 13.3. The molecule has 0 saturated carbocycles. The zero-order chi connectivity index (χ0) is 12.1. The molecule has 0 fully saturated rings. The molecule has 0 aromatic carbocycles. The fraction of sp³-hybridized carbons (Fsp3) is 0.667. The molecule has 16 heavy (non-hydrogen) atoms. The van der Waals surface area contributed by atoms with E-state index in [0.29, 0.717) is 25.3 Å². The third-order valence-electron chi connectivity index (χ3n) is 2.85. The Morgan fingerprint density at radius 1 is 1.50 bits per heavy atom. The van der Waals surface area contributed by atoms with Gasteiger partial charge in [0.25, 0.3) is 0 Å². The van der Waals surface area contributed by atoms with Crippen LogP contribution in [0.3, 0.4) is 0 Å². The number of rotatable bonds is 6. The fourth-order valence-corrected chi connectivity index (χ4v) is 2.53. The standard InChI is InChI=1S/C12H20N2OS/c1-4-10(7-13)5-11(15)6-12-14-8(2)9(3)16-12/h10H,4-7,13H2,1-3H3. The lowest BCUT2D eigenvalue weighted by atomic mass is 9.99. The van der Waals surface area contributed by atoms with Crippen molar-refractivity contribution in [2.75, 3.05) is 6.54 Å². The molecule has 1 aromatic heterocycles. The lowest BCUT2D eigenvalue weighted by molar-refractivity contribution is -0.119. The number of carbonyl (C=O) groups is 1. The molecule has 3 nitrogen and oxygen atoms in total. The Kier molecular flexibility index (Phi) is 5.09. The molecule has 1 rings (SSSR count). The third kappa shape index (κ3) is 3.68. The van der Waals surface area contributed by atoms with Crippen LogP contribution in [0, 0.1) is 19.8 Å². The van der Waals surface area contributed by atoms with Crippen molar-refractivity contribution in [2.24, 2.45) is 11.7 Å². The Hall–Kier alpha value is -0.740. The summed E-state index contributed by atoms with van der Waals surface area (Å²) in [7, 11) is 0. The van der Waals surface area contributed by atoms with Crippen molar-refractivity contribution in [2.45, 2.75) is 40.0 Å².